The number of hydrogen-bond acceptors (Lipinski definition) is 3. The lowest BCUT2D eigenvalue weighted by molar-refractivity contribution is 0.0698. The van der Waals surface area contributed by atoms with Gasteiger partial charge in [-0.15, -0.1) is 0 Å². The molecule has 5 heteroatoms. The van der Waals surface area contributed by atoms with Crippen molar-refractivity contribution in [2.24, 2.45) is 0 Å². The molecule has 1 aliphatic rings. The van der Waals surface area contributed by atoms with Crippen molar-refractivity contribution in [1.82, 2.24) is 9.78 Å². The number of benzene rings is 1. The Morgan fingerprint density at radius 2 is 2.10 bits per heavy atom. The van der Waals surface area contributed by atoms with Gasteiger partial charge in [0.05, 0.1) is 18.3 Å². The maximum absolute atomic E-state index is 11.3. The van der Waals surface area contributed by atoms with E-state index in [-0.39, 0.29) is 17.6 Å². The highest BCUT2D eigenvalue weighted by Gasteiger charge is 2.26. The van der Waals surface area contributed by atoms with Gasteiger partial charge in [0.1, 0.15) is 11.4 Å². The minimum absolute atomic E-state index is 0.120. The van der Waals surface area contributed by atoms with E-state index in [1.54, 1.807) is 4.68 Å². The molecule has 1 aliphatic heterocycles. The zero-order valence-electron chi connectivity index (χ0n) is 11.3. The minimum Gasteiger partial charge on any atom is -0.477 e. The number of carboxylic acid groups (broad SMARTS) is 1. The maximum Gasteiger partial charge on any atom is 0.341 e. The Kier molecular flexibility index (Phi) is 3.18. The summed E-state index contributed by atoms with van der Waals surface area (Å²) in [4.78, 5) is 11.3. The number of carbonyl (C=O) groups is 1. The van der Waals surface area contributed by atoms with Crippen molar-refractivity contribution in [2.75, 3.05) is 5.32 Å². The molecular weight excluding hydrogens is 254 g/mol. The van der Waals surface area contributed by atoms with Gasteiger partial charge in [-0.05, 0) is 25.3 Å². The standard InChI is InChI=1S/C15H17N3O2/c1-10-7-8-13(11-5-3-2-4-6-11)17-14-12(15(19)20)9-16-18(10)14/h2-6,9-10,13,17H,7-8H2,1H3,(H,19,20). The highest BCUT2D eigenvalue weighted by molar-refractivity contribution is 5.93. The third kappa shape index (κ3) is 2.15. The van der Waals surface area contributed by atoms with Crippen LogP contribution >= 0.6 is 0 Å². The zero-order chi connectivity index (χ0) is 14.1. The normalized spacial score (nSPS) is 21.6. The first-order chi connectivity index (χ1) is 9.66. The van der Waals surface area contributed by atoms with Gasteiger partial charge in [-0.3, -0.25) is 0 Å². The number of aromatic carboxylic acids is 1. The summed E-state index contributed by atoms with van der Waals surface area (Å²) in [5.74, 6) is -0.337. The molecule has 5 nitrogen and oxygen atoms in total. The van der Waals surface area contributed by atoms with Crippen LogP contribution in [0.3, 0.4) is 0 Å². The first kappa shape index (κ1) is 12.7. The van der Waals surface area contributed by atoms with E-state index in [0.717, 1.165) is 12.8 Å². The molecule has 0 spiro atoms. The monoisotopic (exact) mass is 271 g/mol. The molecule has 0 radical (unpaired) electrons. The number of nitrogens with one attached hydrogen (secondary N) is 1. The Morgan fingerprint density at radius 3 is 2.80 bits per heavy atom. The third-order valence-electron chi connectivity index (χ3n) is 3.83. The number of aromatic nitrogens is 2. The lowest BCUT2D eigenvalue weighted by Crippen LogP contribution is -2.13. The second kappa shape index (κ2) is 5.00. The van der Waals surface area contributed by atoms with Crippen molar-refractivity contribution in [1.29, 1.82) is 0 Å². The second-order valence-corrected chi connectivity index (χ2v) is 5.19. The number of nitrogens with zero attached hydrogens (tertiary/aromatic N) is 2. The van der Waals surface area contributed by atoms with Crippen LogP contribution in [0.5, 0.6) is 0 Å². The van der Waals surface area contributed by atoms with Gasteiger partial charge in [0.2, 0.25) is 0 Å². The number of rotatable bonds is 2. The molecule has 2 unspecified atom stereocenters. The largest absolute Gasteiger partial charge is 0.477 e. The fraction of sp³-hybridized carbons (Fsp3) is 0.333. The molecule has 104 valence electrons. The van der Waals surface area contributed by atoms with E-state index in [0.29, 0.717) is 5.82 Å². The van der Waals surface area contributed by atoms with Crippen molar-refractivity contribution < 1.29 is 9.90 Å². The first-order valence-corrected chi connectivity index (χ1v) is 6.79. The SMILES string of the molecule is CC1CCC(c2ccccc2)Nc2c(C(=O)O)cnn21. The summed E-state index contributed by atoms with van der Waals surface area (Å²) in [6, 6.07) is 10.4. The van der Waals surface area contributed by atoms with Gasteiger partial charge < -0.3 is 10.4 Å². The van der Waals surface area contributed by atoms with E-state index in [1.807, 2.05) is 18.2 Å². The van der Waals surface area contributed by atoms with Crippen LogP contribution in [0.25, 0.3) is 0 Å². The Bertz CT molecular complexity index is 621. The molecule has 3 rings (SSSR count). The van der Waals surface area contributed by atoms with Crippen LogP contribution in [0.2, 0.25) is 0 Å². The number of anilines is 1. The smallest absolute Gasteiger partial charge is 0.341 e. The van der Waals surface area contributed by atoms with Crippen molar-refractivity contribution in [3.05, 3.63) is 47.7 Å². The van der Waals surface area contributed by atoms with E-state index in [2.05, 4.69) is 29.5 Å². The fourth-order valence-electron chi connectivity index (χ4n) is 2.70. The van der Waals surface area contributed by atoms with Crippen LogP contribution in [-0.2, 0) is 0 Å². The predicted molar refractivity (Wildman–Crippen MR) is 75.9 cm³/mol. The Morgan fingerprint density at radius 1 is 1.35 bits per heavy atom. The van der Waals surface area contributed by atoms with Crippen molar-refractivity contribution in [3.63, 3.8) is 0 Å². The van der Waals surface area contributed by atoms with Crippen molar-refractivity contribution in [2.45, 2.75) is 31.8 Å². The van der Waals surface area contributed by atoms with E-state index in [4.69, 9.17) is 0 Å². The van der Waals surface area contributed by atoms with Crippen LogP contribution in [0.1, 0.15) is 47.8 Å². The average Bonchev–Trinajstić information content (AvgIpc) is 2.81. The van der Waals surface area contributed by atoms with Gasteiger partial charge in [-0.1, -0.05) is 30.3 Å². The van der Waals surface area contributed by atoms with Gasteiger partial charge >= 0.3 is 5.97 Å². The fourth-order valence-corrected chi connectivity index (χ4v) is 2.70. The summed E-state index contributed by atoms with van der Waals surface area (Å²) in [6.45, 7) is 2.07. The van der Waals surface area contributed by atoms with Crippen LogP contribution in [0.15, 0.2) is 36.5 Å². The van der Waals surface area contributed by atoms with Crippen LogP contribution in [0.4, 0.5) is 5.82 Å². The Balaban J connectivity index is 2.00. The lowest BCUT2D eigenvalue weighted by atomic mass is 10.0. The predicted octanol–water partition coefficient (Wildman–Crippen LogP) is 3.09. The molecular formula is C15H17N3O2. The molecule has 2 heterocycles. The molecule has 0 fully saturated rings. The minimum atomic E-state index is -0.945. The molecule has 20 heavy (non-hydrogen) atoms. The van der Waals surface area contributed by atoms with Gasteiger partial charge in [0.25, 0.3) is 0 Å². The summed E-state index contributed by atoms with van der Waals surface area (Å²) >= 11 is 0. The van der Waals surface area contributed by atoms with Gasteiger partial charge in [0, 0.05) is 0 Å². The Hall–Kier alpha value is -2.30. The molecule has 0 saturated carbocycles. The Labute approximate surface area is 117 Å². The molecule has 0 bridgehead atoms. The molecule has 0 amide bonds. The van der Waals surface area contributed by atoms with Crippen LogP contribution < -0.4 is 5.32 Å². The van der Waals surface area contributed by atoms with Gasteiger partial charge in [-0.25, -0.2) is 9.48 Å². The quantitative estimate of drug-likeness (QED) is 0.880. The van der Waals surface area contributed by atoms with Crippen LogP contribution in [-0.4, -0.2) is 20.9 Å². The molecule has 2 atom stereocenters. The molecule has 2 N–H and O–H groups in total. The van der Waals surface area contributed by atoms with E-state index >= 15 is 0 Å². The lowest BCUT2D eigenvalue weighted by Gasteiger charge is -2.17. The van der Waals surface area contributed by atoms with Crippen molar-refractivity contribution >= 4 is 11.8 Å². The van der Waals surface area contributed by atoms with Gasteiger partial charge in [-0.2, -0.15) is 5.10 Å². The molecule has 0 saturated heterocycles. The first-order valence-electron chi connectivity index (χ1n) is 6.79. The zero-order valence-corrected chi connectivity index (χ0v) is 11.3. The average molecular weight is 271 g/mol. The summed E-state index contributed by atoms with van der Waals surface area (Å²) in [5, 5.41) is 16.8. The highest BCUT2D eigenvalue weighted by Crippen LogP contribution is 2.34. The molecule has 1 aromatic heterocycles. The van der Waals surface area contributed by atoms with Gasteiger partial charge in [0.15, 0.2) is 0 Å². The van der Waals surface area contributed by atoms with E-state index < -0.39 is 5.97 Å². The molecule has 2 aromatic rings. The number of hydrogen-bond donors (Lipinski definition) is 2. The summed E-state index contributed by atoms with van der Waals surface area (Å²) < 4.78 is 1.78. The van der Waals surface area contributed by atoms with Crippen molar-refractivity contribution in [3.8, 4) is 0 Å². The third-order valence-corrected chi connectivity index (χ3v) is 3.83. The molecule has 0 aliphatic carbocycles. The summed E-state index contributed by atoms with van der Waals surface area (Å²) in [7, 11) is 0. The molecule has 1 aromatic carbocycles. The topological polar surface area (TPSA) is 67.2 Å². The number of fused-ring (bicyclic) bond motifs is 1. The second-order valence-electron chi connectivity index (χ2n) is 5.19. The van der Waals surface area contributed by atoms with E-state index in [9.17, 15) is 9.90 Å². The highest BCUT2D eigenvalue weighted by atomic mass is 16.4. The summed E-state index contributed by atoms with van der Waals surface area (Å²) in [6.07, 6.45) is 3.34. The van der Waals surface area contributed by atoms with Crippen LogP contribution in [0, 0.1) is 0 Å². The number of carboxylic acids is 1. The maximum atomic E-state index is 11.3. The van der Waals surface area contributed by atoms with E-state index in [1.165, 1.54) is 11.8 Å². The summed E-state index contributed by atoms with van der Waals surface area (Å²) in [5.41, 5.74) is 1.41.